The van der Waals surface area contributed by atoms with Gasteiger partial charge in [-0.2, -0.15) is 0 Å². The predicted molar refractivity (Wildman–Crippen MR) is 138 cm³/mol. The van der Waals surface area contributed by atoms with E-state index in [1.807, 2.05) is 37.3 Å². The van der Waals surface area contributed by atoms with Crippen molar-refractivity contribution >= 4 is 21.0 Å². The Labute approximate surface area is 212 Å². The van der Waals surface area contributed by atoms with Crippen molar-refractivity contribution in [1.82, 2.24) is 24.3 Å². The van der Waals surface area contributed by atoms with Gasteiger partial charge in [0.1, 0.15) is 0 Å². The van der Waals surface area contributed by atoms with Crippen LogP contribution in [-0.4, -0.2) is 38.4 Å². The number of nitrogens with one attached hydrogen (secondary N) is 1. The lowest BCUT2D eigenvalue weighted by molar-refractivity contribution is 0.432. The highest BCUT2D eigenvalue weighted by Crippen LogP contribution is 2.26. The monoisotopic (exact) mass is 519 g/mol. The van der Waals surface area contributed by atoms with E-state index in [9.17, 15) is 18.0 Å². The number of benzene rings is 2. The van der Waals surface area contributed by atoms with Crippen LogP contribution in [0.1, 0.15) is 23.6 Å². The standard InChI is InChI=1S/C26H25N5O5S/c1-3-30-16-27-24-23(30)25(32)29-26(33)31(24)15-19-7-5-18(6-8-19)11-13-37(34,35)22-14-20(9-4-17(22)2)21-10-12-28-36-21/h4-10,12,14,16H,3,11,13,15H2,1-2H3,(H,29,32,33). The lowest BCUT2D eigenvalue weighted by Crippen LogP contribution is -2.31. The van der Waals surface area contributed by atoms with E-state index in [2.05, 4.69) is 15.1 Å². The number of fused-ring (bicyclic) bond motifs is 1. The fraction of sp³-hybridized carbons (Fsp3) is 0.231. The summed E-state index contributed by atoms with van der Waals surface area (Å²) in [7, 11) is -3.55. The molecule has 5 rings (SSSR count). The lowest BCUT2D eigenvalue weighted by atomic mass is 10.1. The van der Waals surface area contributed by atoms with Crippen LogP contribution < -0.4 is 11.2 Å². The third kappa shape index (κ3) is 4.77. The Morgan fingerprint density at radius 3 is 2.49 bits per heavy atom. The van der Waals surface area contributed by atoms with Gasteiger partial charge in [0.25, 0.3) is 5.56 Å². The van der Waals surface area contributed by atoms with Crippen LogP contribution in [-0.2, 0) is 29.3 Å². The lowest BCUT2D eigenvalue weighted by Gasteiger charge is -2.10. The summed E-state index contributed by atoms with van der Waals surface area (Å²) in [6.45, 7) is 4.44. The van der Waals surface area contributed by atoms with Gasteiger partial charge in [-0.05, 0) is 43.0 Å². The molecule has 0 bridgehead atoms. The van der Waals surface area contributed by atoms with Gasteiger partial charge in [0.05, 0.1) is 29.7 Å². The Kier molecular flexibility index (Phi) is 6.38. The second kappa shape index (κ2) is 9.66. The zero-order valence-electron chi connectivity index (χ0n) is 20.3. The number of aromatic amines is 1. The first kappa shape index (κ1) is 24.4. The molecule has 0 amide bonds. The van der Waals surface area contributed by atoms with Crippen LogP contribution in [0.5, 0.6) is 0 Å². The van der Waals surface area contributed by atoms with Gasteiger partial charge in [-0.25, -0.2) is 18.2 Å². The van der Waals surface area contributed by atoms with Gasteiger partial charge < -0.3 is 9.09 Å². The third-order valence-corrected chi connectivity index (χ3v) is 8.22. The molecule has 10 nitrogen and oxygen atoms in total. The summed E-state index contributed by atoms with van der Waals surface area (Å²) >= 11 is 0. The van der Waals surface area contributed by atoms with Crippen molar-refractivity contribution in [3.63, 3.8) is 0 Å². The smallest absolute Gasteiger partial charge is 0.330 e. The largest absolute Gasteiger partial charge is 0.356 e. The second-order valence-corrected chi connectivity index (χ2v) is 10.9. The number of aryl methyl sites for hydroxylation is 3. The maximum atomic E-state index is 13.2. The minimum absolute atomic E-state index is 0.0541. The summed E-state index contributed by atoms with van der Waals surface area (Å²) in [5.41, 5.74) is 2.68. The Morgan fingerprint density at radius 2 is 1.78 bits per heavy atom. The van der Waals surface area contributed by atoms with Crippen LogP contribution >= 0.6 is 0 Å². The van der Waals surface area contributed by atoms with Crippen LogP contribution in [0.25, 0.3) is 22.5 Å². The highest BCUT2D eigenvalue weighted by Gasteiger charge is 2.19. The molecule has 0 unspecified atom stereocenters. The minimum atomic E-state index is -3.55. The van der Waals surface area contributed by atoms with E-state index in [1.54, 1.807) is 36.0 Å². The zero-order chi connectivity index (χ0) is 26.2. The van der Waals surface area contributed by atoms with Crippen LogP contribution in [0, 0.1) is 6.92 Å². The molecule has 3 aromatic heterocycles. The molecular weight excluding hydrogens is 494 g/mol. The van der Waals surface area contributed by atoms with Crippen molar-refractivity contribution in [2.24, 2.45) is 0 Å². The van der Waals surface area contributed by atoms with E-state index in [1.165, 1.54) is 10.8 Å². The maximum Gasteiger partial charge on any atom is 0.330 e. The highest BCUT2D eigenvalue weighted by atomic mass is 32.2. The van der Waals surface area contributed by atoms with Gasteiger partial charge in [-0.3, -0.25) is 14.3 Å². The van der Waals surface area contributed by atoms with Gasteiger partial charge in [-0.15, -0.1) is 0 Å². The zero-order valence-corrected chi connectivity index (χ0v) is 21.2. The van der Waals surface area contributed by atoms with Gasteiger partial charge in [0, 0.05) is 18.2 Å². The molecular formula is C26H25N5O5S. The number of imidazole rings is 1. The fourth-order valence-electron chi connectivity index (χ4n) is 4.32. The molecule has 0 aliphatic heterocycles. The third-order valence-electron chi connectivity index (χ3n) is 6.36. The normalized spacial score (nSPS) is 11.8. The van der Waals surface area contributed by atoms with Gasteiger partial charge >= 0.3 is 5.69 Å². The van der Waals surface area contributed by atoms with Crippen LogP contribution in [0.2, 0.25) is 0 Å². The Bertz CT molecular complexity index is 1800. The number of rotatable bonds is 8. The van der Waals surface area contributed by atoms with Crippen molar-refractivity contribution in [3.8, 4) is 11.3 Å². The molecule has 3 heterocycles. The molecule has 11 heteroatoms. The topological polar surface area (TPSA) is 133 Å². The van der Waals surface area contributed by atoms with Crippen molar-refractivity contribution in [2.45, 2.75) is 38.3 Å². The van der Waals surface area contributed by atoms with Crippen molar-refractivity contribution in [1.29, 1.82) is 0 Å². The molecule has 190 valence electrons. The molecule has 1 N–H and O–H groups in total. The average molecular weight is 520 g/mol. The van der Waals surface area contributed by atoms with E-state index >= 15 is 0 Å². The summed E-state index contributed by atoms with van der Waals surface area (Å²) in [5, 5.41) is 3.69. The number of H-pyrrole nitrogens is 1. The molecule has 0 saturated heterocycles. The van der Waals surface area contributed by atoms with Crippen LogP contribution in [0.3, 0.4) is 0 Å². The highest BCUT2D eigenvalue weighted by molar-refractivity contribution is 7.91. The Balaban J connectivity index is 1.33. The summed E-state index contributed by atoms with van der Waals surface area (Å²) < 4.78 is 34.6. The first-order valence-electron chi connectivity index (χ1n) is 11.8. The first-order valence-corrected chi connectivity index (χ1v) is 13.4. The minimum Gasteiger partial charge on any atom is -0.356 e. The quantitative estimate of drug-likeness (QED) is 0.333. The van der Waals surface area contributed by atoms with E-state index in [-0.39, 0.29) is 17.2 Å². The van der Waals surface area contributed by atoms with Crippen LogP contribution in [0.4, 0.5) is 0 Å². The number of aromatic nitrogens is 5. The summed E-state index contributed by atoms with van der Waals surface area (Å²) in [5.74, 6) is 0.453. The first-order chi connectivity index (χ1) is 17.8. The average Bonchev–Trinajstić information content (AvgIpc) is 3.57. The predicted octanol–water partition coefficient (Wildman–Crippen LogP) is 2.93. The Hall–Kier alpha value is -4.25. The second-order valence-electron chi connectivity index (χ2n) is 8.79. The summed E-state index contributed by atoms with van der Waals surface area (Å²) in [6.07, 6.45) is 3.39. The molecule has 0 spiro atoms. The fourth-order valence-corrected chi connectivity index (χ4v) is 5.91. The van der Waals surface area contributed by atoms with Crippen molar-refractivity contribution in [3.05, 3.63) is 98.6 Å². The van der Waals surface area contributed by atoms with Gasteiger partial charge in [0.15, 0.2) is 26.8 Å². The van der Waals surface area contributed by atoms with Gasteiger partial charge in [-0.1, -0.05) is 41.6 Å². The number of hydrogen-bond donors (Lipinski definition) is 1. The van der Waals surface area contributed by atoms with E-state index in [0.29, 0.717) is 41.0 Å². The molecule has 0 radical (unpaired) electrons. The summed E-state index contributed by atoms with van der Waals surface area (Å²) in [6, 6.07) is 14.3. The van der Waals surface area contributed by atoms with E-state index in [0.717, 1.165) is 11.1 Å². The molecule has 0 atom stereocenters. The molecule has 0 fully saturated rings. The number of nitrogens with zero attached hydrogens (tertiary/aromatic N) is 4. The molecule has 0 saturated carbocycles. The number of hydrogen-bond acceptors (Lipinski definition) is 7. The van der Waals surface area contributed by atoms with Crippen molar-refractivity contribution < 1.29 is 12.9 Å². The molecule has 2 aromatic carbocycles. The number of sulfone groups is 1. The van der Waals surface area contributed by atoms with E-state index < -0.39 is 21.1 Å². The summed E-state index contributed by atoms with van der Waals surface area (Å²) in [4.78, 5) is 31.6. The molecule has 5 aromatic rings. The SMILES string of the molecule is CCn1cnc2c1c(=O)[nH]c(=O)n2Cc1ccc(CCS(=O)(=O)c2cc(-c3ccno3)ccc2C)cc1. The maximum absolute atomic E-state index is 13.2. The van der Waals surface area contributed by atoms with Gasteiger partial charge in [0.2, 0.25) is 0 Å². The molecule has 37 heavy (non-hydrogen) atoms. The molecule has 0 aliphatic carbocycles. The van der Waals surface area contributed by atoms with Crippen molar-refractivity contribution in [2.75, 3.05) is 5.75 Å². The van der Waals surface area contributed by atoms with Crippen LogP contribution in [0.15, 0.2) is 80.1 Å². The molecule has 0 aliphatic rings. The Morgan fingerprint density at radius 1 is 1.03 bits per heavy atom. The van der Waals surface area contributed by atoms with E-state index in [4.69, 9.17) is 4.52 Å².